The van der Waals surface area contributed by atoms with Crippen molar-refractivity contribution >= 4 is 11.7 Å². The van der Waals surface area contributed by atoms with Crippen molar-refractivity contribution in [2.24, 2.45) is 0 Å². The van der Waals surface area contributed by atoms with E-state index in [1.165, 1.54) is 0 Å². The molecule has 1 aliphatic carbocycles. The van der Waals surface area contributed by atoms with Gasteiger partial charge in [0.25, 0.3) is 5.91 Å². The van der Waals surface area contributed by atoms with Crippen molar-refractivity contribution in [1.82, 2.24) is 10.3 Å². The molecule has 1 heterocycles. The molecule has 1 aromatic heterocycles. The third-order valence-corrected chi connectivity index (χ3v) is 3.07. The predicted octanol–water partition coefficient (Wildman–Crippen LogP) is 1.27. The van der Waals surface area contributed by atoms with Gasteiger partial charge in [-0.1, -0.05) is 0 Å². The molecule has 98 valence electrons. The molecule has 1 saturated carbocycles. The lowest BCUT2D eigenvalue weighted by molar-refractivity contribution is -0.00862. The Kier molecular flexibility index (Phi) is 3.81. The lowest BCUT2D eigenvalue weighted by Crippen LogP contribution is -2.47. The molecule has 0 atom stereocenters. The maximum Gasteiger partial charge on any atom is 0.251 e. The van der Waals surface area contributed by atoms with Gasteiger partial charge in [-0.25, -0.2) is 4.98 Å². The number of aryl methyl sites for hydroxylation is 1. The van der Waals surface area contributed by atoms with Crippen molar-refractivity contribution in [2.75, 3.05) is 12.3 Å². The van der Waals surface area contributed by atoms with Gasteiger partial charge < -0.3 is 15.8 Å². The van der Waals surface area contributed by atoms with E-state index in [4.69, 9.17) is 10.5 Å². The Bertz CT molecular complexity index is 422. The fourth-order valence-corrected chi connectivity index (χ4v) is 2.15. The summed E-state index contributed by atoms with van der Waals surface area (Å²) in [4.78, 5) is 16.0. The molecule has 0 spiro atoms. The van der Waals surface area contributed by atoms with Gasteiger partial charge in [0.15, 0.2) is 0 Å². The highest BCUT2D eigenvalue weighted by Gasteiger charge is 2.30. The number of hydrogen-bond donors (Lipinski definition) is 2. The summed E-state index contributed by atoms with van der Waals surface area (Å²) < 4.78 is 5.45. The lowest BCUT2D eigenvalue weighted by atomic mass is 9.89. The molecule has 0 radical (unpaired) electrons. The highest BCUT2D eigenvalue weighted by molar-refractivity contribution is 5.95. The van der Waals surface area contributed by atoms with Gasteiger partial charge in [0.05, 0.1) is 6.10 Å². The molecule has 2 rings (SSSR count). The summed E-state index contributed by atoms with van der Waals surface area (Å²) in [6.07, 6.45) is 2.07. The normalized spacial score (nSPS) is 22.3. The smallest absolute Gasteiger partial charge is 0.251 e. The van der Waals surface area contributed by atoms with E-state index in [2.05, 4.69) is 10.3 Å². The number of carbonyl (C=O) groups excluding carboxylic acids is 1. The molecule has 1 aliphatic rings. The highest BCUT2D eigenvalue weighted by Crippen LogP contribution is 2.23. The van der Waals surface area contributed by atoms with E-state index in [1.54, 1.807) is 12.1 Å². The first kappa shape index (κ1) is 12.8. The maximum absolute atomic E-state index is 12.0. The minimum Gasteiger partial charge on any atom is -0.384 e. The third-order valence-electron chi connectivity index (χ3n) is 3.07. The van der Waals surface area contributed by atoms with Crippen LogP contribution in [0.2, 0.25) is 0 Å². The number of nitrogens with zero attached hydrogens (tertiary/aromatic N) is 1. The zero-order chi connectivity index (χ0) is 13.1. The number of rotatable bonds is 4. The number of anilines is 1. The Hall–Kier alpha value is -1.62. The lowest BCUT2D eigenvalue weighted by Gasteiger charge is -2.35. The van der Waals surface area contributed by atoms with Crippen molar-refractivity contribution < 1.29 is 9.53 Å². The Morgan fingerprint density at radius 3 is 2.89 bits per heavy atom. The molecule has 0 saturated heterocycles. The average Bonchev–Trinajstić information content (AvgIpc) is 2.24. The van der Waals surface area contributed by atoms with E-state index >= 15 is 0 Å². The monoisotopic (exact) mass is 249 g/mol. The van der Waals surface area contributed by atoms with Crippen molar-refractivity contribution in [2.45, 2.75) is 38.8 Å². The number of nitrogen functional groups attached to an aromatic ring is 1. The number of nitrogens with one attached hydrogen (secondary N) is 1. The van der Waals surface area contributed by atoms with Gasteiger partial charge >= 0.3 is 0 Å². The second-order valence-corrected chi connectivity index (χ2v) is 4.64. The summed E-state index contributed by atoms with van der Waals surface area (Å²) in [7, 11) is 0. The minimum absolute atomic E-state index is 0.0906. The highest BCUT2D eigenvalue weighted by atomic mass is 16.5. The molecule has 5 nitrogen and oxygen atoms in total. The fraction of sp³-hybridized carbons (Fsp3) is 0.538. The SMILES string of the molecule is CCOC1CC(NC(=O)c2cc(C)nc(N)c2)C1. The Morgan fingerprint density at radius 2 is 2.28 bits per heavy atom. The second-order valence-electron chi connectivity index (χ2n) is 4.64. The van der Waals surface area contributed by atoms with Crippen LogP contribution < -0.4 is 11.1 Å². The topological polar surface area (TPSA) is 77.2 Å². The largest absolute Gasteiger partial charge is 0.384 e. The van der Waals surface area contributed by atoms with E-state index in [-0.39, 0.29) is 11.9 Å². The first-order valence-corrected chi connectivity index (χ1v) is 6.25. The molecule has 0 unspecified atom stereocenters. The summed E-state index contributed by atoms with van der Waals surface area (Å²) in [5.74, 6) is 0.285. The second kappa shape index (κ2) is 5.35. The number of ether oxygens (including phenoxy) is 1. The Morgan fingerprint density at radius 1 is 1.56 bits per heavy atom. The maximum atomic E-state index is 12.0. The first-order valence-electron chi connectivity index (χ1n) is 6.25. The Labute approximate surface area is 107 Å². The van der Waals surface area contributed by atoms with Gasteiger partial charge in [-0.15, -0.1) is 0 Å². The summed E-state index contributed by atoms with van der Waals surface area (Å²) in [5, 5.41) is 2.97. The van der Waals surface area contributed by atoms with Crippen molar-refractivity contribution in [3.63, 3.8) is 0 Å². The van der Waals surface area contributed by atoms with Crippen LogP contribution in [0.15, 0.2) is 12.1 Å². The van der Waals surface area contributed by atoms with Gasteiger partial charge in [0.2, 0.25) is 0 Å². The van der Waals surface area contributed by atoms with E-state index in [0.29, 0.717) is 17.5 Å². The molecule has 5 heteroatoms. The molecule has 0 aliphatic heterocycles. The summed E-state index contributed by atoms with van der Waals surface area (Å²) in [6, 6.07) is 3.55. The van der Waals surface area contributed by atoms with E-state index < -0.39 is 0 Å². The van der Waals surface area contributed by atoms with Gasteiger partial charge in [-0.2, -0.15) is 0 Å². The van der Waals surface area contributed by atoms with Crippen LogP contribution in [0.4, 0.5) is 5.82 Å². The van der Waals surface area contributed by atoms with Crippen LogP contribution in [0.1, 0.15) is 35.8 Å². The molecule has 18 heavy (non-hydrogen) atoms. The number of pyridine rings is 1. The molecule has 1 aromatic rings. The van der Waals surface area contributed by atoms with Crippen molar-refractivity contribution in [3.8, 4) is 0 Å². The fourth-order valence-electron chi connectivity index (χ4n) is 2.15. The predicted molar refractivity (Wildman–Crippen MR) is 69.3 cm³/mol. The number of aromatic nitrogens is 1. The van der Waals surface area contributed by atoms with Crippen LogP contribution in [-0.4, -0.2) is 29.6 Å². The van der Waals surface area contributed by atoms with Gasteiger partial charge in [-0.3, -0.25) is 4.79 Å². The van der Waals surface area contributed by atoms with E-state index in [0.717, 1.165) is 25.1 Å². The molecular weight excluding hydrogens is 230 g/mol. The first-order chi connectivity index (χ1) is 8.58. The van der Waals surface area contributed by atoms with Crippen LogP contribution in [0.5, 0.6) is 0 Å². The van der Waals surface area contributed by atoms with Gasteiger partial charge in [-0.05, 0) is 38.8 Å². The molecule has 3 N–H and O–H groups in total. The quantitative estimate of drug-likeness (QED) is 0.842. The van der Waals surface area contributed by atoms with Crippen LogP contribution in [0.3, 0.4) is 0 Å². The van der Waals surface area contributed by atoms with Crippen LogP contribution in [0.25, 0.3) is 0 Å². The van der Waals surface area contributed by atoms with Crippen LogP contribution >= 0.6 is 0 Å². The summed E-state index contributed by atoms with van der Waals surface area (Å²) >= 11 is 0. The number of hydrogen-bond acceptors (Lipinski definition) is 4. The number of nitrogens with two attached hydrogens (primary N) is 1. The third kappa shape index (κ3) is 2.98. The molecular formula is C13H19N3O2. The van der Waals surface area contributed by atoms with Crippen molar-refractivity contribution in [3.05, 3.63) is 23.4 Å². The van der Waals surface area contributed by atoms with Gasteiger partial charge in [0.1, 0.15) is 5.82 Å². The van der Waals surface area contributed by atoms with E-state index in [9.17, 15) is 4.79 Å². The number of carbonyl (C=O) groups is 1. The molecule has 0 aromatic carbocycles. The average molecular weight is 249 g/mol. The zero-order valence-corrected chi connectivity index (χ0v) is 10.8. The minimum atomic E-state index is -0.0906. The van der Waals surface area contributed by atoms with E-state index in [1.807, 2.05) is 13.8 Å². The molecule has 1 fully saturated rings. The van der Waals surface area contributed by atoms with Crippen molar-refractivity contribution in [1.29, 1.82) is 0 Å². The summed E-state index contributed by atoms with van der Waals surface area (Å²) in [6.45, 7) is 4.53. The number of amides is 1. The molecule has 0 bridgehead atoms. The van der Waals surface area contributed by atoms with Crippen LogP contribution in [-0.2, 0) is 4.74 Å². The van der Waals surface area contributed by atoms with Gasteiger partial charge in [0, 0.05) is 23.9 Å². The Balaban J connectivity index is 1.89. The molecule has 1 amide bonds. The van der Waals surface area contributed by atoms with Crippen LogP contribution in [0, 0.1) is 6.92 Å². The summed E-state index contributed by atoms with van der Waals surface area (Å²) in [5.41, 5.74) is 6.95. The zero-order valence-electron chi connectivity index (χ0n) is 10.8. The standard InChI is InChI=1S/C13H19N3O2/c1-3-18-11-6-10(7-11)16-13(17)9-4-8(2)15-12(14)5-9/h4-5,10-11H,3,6-7H2,1-2H3,(H2,14,15)(H,16,17).